The molecule has 72 valence electrons. The molecule has 1 fully saturated rings. The van der Waals surface area contributed by atoms with Crippen LogP contribution in [0.5, 0.6) is 0 Å². The van der Waals surface area contributed by atoms with Gasteiger partial charge >= 0.3 is 0 Å². The van der Waals surface area contributed by atoms with Crippen molar-refractivity contribution >= 4 is 5.78 Å². The van der Waals surface area contributed by atoms with Crippen molar-refractivity contribution in [2.45, 2.75) is 25.3 Å². The zero-order valence-electron chi connectivity index (χ0n) is 8.05. The average molecular weight is 187 g/mol. The molecule has 0 bridgehead atoms. The van der Waals surface area contributed by atoms with E-state index in [2.05, 4.69) is 23.4 Å². The van der Waals surface area contributed by atoms with Gasteiger partial charge in [0.15, 0.2) is 5.78 Å². The zero-order valence-corrected chi connectivity index (χ0v) is 8.05. The number of hydrogen-bond acceptors (Lipinski definition) is 2. The zero-order chi connectivity index (χ0) is 9.97. The summed E-state index contributed by atoms with van der Waals surface area (Å²) in [6, 6.07) is 0.157. The highest BCUT2D eigenvalue weighted by Crippen LogP contribution is 2.31. The van der Waals surface area contributed by atoms with Crippen LogP contribution in [0.2, 0.25) is 0 Å². The predicted octanol–water partition coefficient (Wildman–Crippen LogP) is 1.20. The summed E-state index contributed by atoms with van der Waals surface area (Å²) in [5, 5.41) is 3.19. The number of nitrogens with one attached hydrogen (secondary N) is 1. The molecular weight excluding hydrogens is 174 g/mol. The van der Waals surface area contributed by atoms with E-state index < -0.39 is 0 Å². The van der Waals surface area contributed by atoms with E-state index >= 15 is 0 Å². The molecule has 14 heavy (non-hydrogen) atoms. The average Bonchev–Trinajstić information content (AvgIpc) is 2.54. The number of hydrogen-bond donors (Lipinski definition) is 1. The summed E-state index contributed by atoms with van der Waals surface area (Å²) in [4.78, 5) is 11.6. The first-order chi connectivity index (χ1) is 6.83. The van der Waals surface area contributed by atoms with Crippen molar-refractivity contribution in [2.24, 2.45) is 0 Å². The number of fused-ring (bicyclic) bond motifs is 1. The third-order valence-electron chi connectivity index (χ3n) is 2.71. The highest BCUT2D eigenvalue weighted by atomic mass is 16.1. The van der Waals surface area contributed by atoms with Crippen LogP contribution in [-0.4, -0.2) is 18.4 Å². The lowest BCUT2D eigenvalue weighted by atomic mass is 9.99. The Morgan fingerprint density at radius 1 is 1.50 bits per heavy atom. The third kappa shape index (κ3) is 1.51. The summed E-state index contributed by atoms with van der Waals surface area (Å²) in [6.07, 6.45) is 12.0. The lowest BCUT2D eigenvalue weighted by Crippen LogP contribution is -2.28. The summed E-state index contributed by atoms with van der Waals surface area (Å²) >= 11 is 0. The fourth-order valence-electron chi connectivity index (χ4n) is 2.07. The molecule has 1 atom stereocenters. The maximum Gasteiger partial charge on any atom is 0.164 e. The van der Waals surface area contributed by atoms with Gasteiger partial charge in [-0.25, -0.2) is 0 Å². The Morgan fingerprint density at radius 3 is 3.07 bits per heavy atom. The molecule has 1 unspecified atom stereocenters. The fourth-order valence-corrected chi connectivity index (χ4v) is 2.07. The van der Waals surface area contributed by atoms with Crippen molar-refractivity contribution < 1.29 is 4.79 Å². The van der Waals surface area contributed by atoms with Gasteiger partial charge in [0.2, 0.25) is 0 Å². The molecule has 2 heteroatoms. The monoisotopic (exact) mass is 187 g/mol. The van der Waals surface area contributed by atoms with Gasteiger partial charge in [-0.1, -0.05) is 18.1 Å². The number of terminal acetylenes is 1. The number of carbonyl (C=O) groups excluding carboxylic acids is 1. The molecule has 0 aromatic carbocycles. The lowest BCUT2D eigenvalue weighted by molar-refractivity contribution is -0.114. The number of allylic oxidation sites excluding steroid dienone is 2. The Morgan fingerprint density at radius 2 is 2.29 bits per heavy atom. The molecule has 0 aliphatic heterocycles. The van der Waals surface area contributed by atoms with Gasteiger partial charge in [0.25, 0.3) is 0 Å². The van der Waals surface area contributed by atoms with Gasteiger partial charge in [0, 0.05) is 18.0 Å². The second-order valence-electron chi connectivity index (χ2n) is 3.62. The highest BCUT2D eigenvalue weighted by Gasteiger charge is 2.32. The molecule has 0 amide bonds. The summed E-state index contributed by atoms with van der Waals surface area (Å²) in [5.74, 6) is 2.79. The van der Waals surface area contributed by atoms with Crippen LogP contribution in [0.1, 0.15) is 19.3 Å². The van der Waals surface area contributed by atoms with E-state index in [9.17, 15) is 4.79 Å². The van der Waals surface area contributed by atoms with Gasteiger partial charge in [0.05, 0.1) is 6.54 Å². The second kappa shape index (κ2) is 3.81. The van der Waals surface area contributed by atoms with E-state index in [4.69, 9.17) is 6.42 Å². The molecule has 0 saturated heterocycles. The Kier molecular flexibility index (Phi) is 2.51. The van der Waals surface area contributed by atoms with Crippen molar-refractivity contribution in [3.05, 3.63) is 23.3 Å². The normalized spacial score (nSPS) is 25.1. The molecule has 2 rings (SSSR count). The van der Waals surface area contributed by atoms with Crippen molar-refractivity contribution in [3.63, 3.8) is 0 Å². The summed E-state index contributed by atoms with van der Waals surface area (Å²) < 4.78 is 0. The predicted molar refractivity (Wildman–Crippen MR) is 55.6 cm³/mol. The van der Waals surface area contributed by atoms with Crippen LogP contribution in [0.4, 0.5) is 0 Å². The molecule has 0 aromatic rings. The molecule has 0 spiro atoms. The van der Waals surface area contributed by atoms with Crippen molar-refractivity contribution in [1.29, 1.82) is 0 Å². The number of carbonyl (C=O) groups is 1. The Bertz CT molecular complexity index is 357. The van der Waals surface area contributed by atoms with Crippen LogP contribution in [0.3, 0.4) is 0 Å². The van der Waals surface area contributed by atoms with E-state index in [1.54, 1.807) is 0 Å². The third-order valence-corrected chi connectivity index (χ3v) is 2.71. The molecule has 2 aliphatic carbocycles. The maximum absolute atomic E-state index is 11.6. The first kappa shape index (κ1) is 9.23. The molecular formula is C12H13NO. The number of ketones is 1. The van der Waals surface area contributed by atoms with Crippen molar-refractivity contribution in [1.82, 2.24) is 5.32 Å². The van der Waals surface area contributed by atoms with E-state index in [-0.39, 0.29) is 11.8 Å². The minimum Gasteiger partial charge on any atom is -0.299 e. The summed E-state index contributed by atoms with van der Waals surface area (Å²) in [7, 11) is 0. The van der Waals surface area contributed by atoms with Gasteiger partial charge in [-0.2, -0.15) is 0 Å². The second-order valence-corrected chi connectivity index (χ2v) is 3.62. The van der Waals surface area contributed by atoms with Gasteiger partial charge in [0.1, 0.15) is 0 Å². The minimum absolute atomic E-state index is 0.157. The van der Waals surface area contributed by atoms with Crippen LogP contribution >= 0.6 is 0 Å². The molecule has 2 aliphatic rings. The van der Waals surface area contributed by atoms with E-state index in [0.717, 1.165) is 24.0 Å². The van der Waals surface area contributed by atoms with Crippen LogP contribution < -0.4 is 5.32 Å². The van der Waals surface area contributed by atoms with Gasteiger partial charge in [-0.3, -0.25) is 10.1 Å². The van der Waals surface area contributed by atoms with Crippen molar-refractivity contribution in [2.75, 3.05) is 6.54 Å². The standard InChI is InChI=1S/C12H13NO/c1-2-7-13-11-8-12(14)10-6-4-3-5-9(10)11/h1,5-6,11,13H,3-4,7-8H2. The maximum atomic E-state index is 11.6. The molecule has 0 aromatic heterocycles. The van der Waals surface area contributed by atoms with E-state index in [1.807, 2.05) is 0 Å². The fraction of sp³-hybridized carbons (Fsp3) is 0.417. The largest absolute Gasteiger partial charge is 0.299 e. The number of Topliss-reactive ketones (excluding diaryl/α,β-unsaturated/α-hetero) is 1. The Hall–Kier alpha value is -1.33. The Balaban J connectivity index is 2.16. The topological polar surface area (TPSA) is 29.1 Å². The molecule has 0 radical (unpaired) electrons. The van der Waals surface area contributed by atoms with Crippen LogP contribution in [0, 0.1) is 12.3 Å². The first-order valence-corrected chi connectivity index (χ1v) is 4.93. The van der Waals surface area contributed by atoms with Crippen LogP contribution in [0.15, 0.2) is 23.3 Å². The smallest absolute Gasteiger partial charge is 0.164 e. The van der Waals surface area contributed by atoms with Crippen LogP contribution in [0.25, 0.3) is 0 Å². The molecule has 1 saturated carbocycles. The number of rotatable bonds is 2. The summed E-state index contributed by atoms with van der Waals surface area (Å²) in [6.45, 7) is 0.530. The molecule has 0 heterocycles. The SMILES string of the molecule is C#CCNC1CC(=O)C2=CCCC=C21. The van der Waals surface area contributed by atoms with Gasteiger partial charge in [-0.15, -0.1) is 6.42 Å². The quantitative estimate of drug-likeness (QED) is 0.658. The first-order valence-electron chi connectivity index (χ1n) is 4.93. The highest BCUT2D eigenvalue weighted by molar-refractivity contribution is 6.04. The minimum atomic E-state index is 0.157. The van der Waals surface area contributed by atoms with Gasteiger partial charge < -0.3 is 0 Å². The van der Waals surface area contributed by atoms with E-state index in [0.29, 0.717) is 13.0 Å². The summed E-state index contributed by atoms with van der Waals surface area (Å²) in [5.41, 5.74) is 2.09. The van der Waals surface area contributed by atoms with Crippen molar-refractivity contribution in [3.8, 4) is 12.3 Å². The molecule has 2 nitrogen and oxygen atoms in total. The molecule has 1 N–H and O–H groups in total. The lowest BCUT2D eigenvalue weighted by Gasteiger charge is -2.14. The van der Waals surface area contributed by atoms with E-state index in [1.165, 1.54) is 0 Å². The van der Waals surface area contributed by atoms with Gasteiger partial charge in [-0.05, 0) is 18.4 Å². The van der Waals surface area contributed by atoms with Crippen LogP contribution in [-0.2, 0) is 4.79 Å². The Labute approximate surface area is 84.1 Å².